The van der Waals surface area contributed by atoms with Crippen molar-refractivity contribution in [3.05, 3.63) is 0 Å². The second-order valence-electron chi connectivity index (χ2n) is 3.28. The predicted octanol–water partition coefficient (Wildman–Crippen LogP) is 2.29. The van der Waals surface area contributed by atoms with E-state index in [-0.39, 0.29) is 5.84 Å². The normalized spacial score (nSPS) is 11.8. The van der Waals surface area contributed by atoms with Crippen molar-refractivity contribution >= 4 is 5.84 Å². The molecule has 0 aromatic rings. The van der Waals surface area contributed by atoms with Gasteiger partial charge in [-0.1, -0.05) is 33.1 Å². The van der Waals surface area contributed by atoms with E-state index in [1.165, 1.54) is 19.3 Å². The van der Waals surface area contributed by atoms with Crippen LogP contribution in [-0.2, 0) is 0 Å². The molecule has 0 saturated heterocycles. The Morgan fingerprint density at radius 2 is 2.23 bits per heavy atom. The minimum Gasteiger partial charge on any atom is -0.361 e. The smallest absolute Gasteiger partial charge is 0.198 e. The molecule has 2 N–H and O–H groups in total. The number of rotatable bonds is 6. The number of nitriles is 1. The van der Waals surface area contributed by atoms with Crippen LogP contribution in [0.2, 0.25) is 0 Å². The summed E-state index contributed by atoms with van der Waals surface area (Å²) in [5.41, 5.74) is 0. The lowest BCUT2D eigenvalue weighted by atomic mass is 9.99. The van der Waals surface area contributed by atoms with E-state index >= 15 is 0 Å². The molecule has 0 aliphatic rings. The molecule has 0 bridgehead atoms. The summed E-state index contributed by atoms with van der Waals surface area (Å²) in [7, 11) is 0. The molecular weight excluding hydrogens is 162 g/mol. The molecule has 74 valence electrons. The van der Waals surface area contributed by atoms with Crippen LogP contribution in [0.3, 0.4) is 0 Å². The van der Waals surface area contributed by atoms with Gasteiger partial charge in [0.2, 0.25) is 0 Å². The van der Waals surface area contributed by atoms with Crippen molar-refractivity contribution in [1.82, 2.24) is 5.32 Å². The van der Waals surface area contributed by atoms with Gasteiger partial charge in [-0.05, 0) is 12.3 Å². The minimum absolute atomic E-state index is 0.0186. The quantitative estimate of drug-likeness (QED) is 0.488. The average molecular weight is 181 g/mol. The molecule has 0 radical (unpaired) electrons. The first-order chi connectivity index (χ1) is 6.24. The molecule has 0 aliphatic carbocycles. The van der Waals surface area contributed by atoms with E-state index < -0.39 is 0 Å². The Labute approximate surface area is 80.7 Å². The zero-order valence-electron chi connectivity index (χ0n) is 8.56. The fourth-order valence-electron chi connectivity index (χ4n) is 1.23. The van der Waals surface area contributed by atoms with Crippen LogP contribution >= 0.6 is 0 Å². The summed E-state index contributed by atoms with van der Waals surface area (Å²) in [6, 6.07) is 1.77. The van der Waals surface area contributed by atoms with Crippen LogP contribution < -0.4 is 5.32 Å². The van der Waals surface area contributed by atoms with Crippen LogP contribution in [0.4, 0.5) is 0 Å². The Hall–Kier alpha value is -1.04. The van der Waals surface area contributed by atoms with Gasteiger partial charge in [0.05, 0.1) is 0 Å². The van der Waals surface area contributed by atoms with E-state index in [0.717, 1.165) is 13.0 Å². The fraction of sp³-hybridized carbons (Fsp3) is 0.800. The Morgan fingerprint density at radius 3 is 2.69 bits per heavy atom. The molecule has 0 rings (SSSR count). The molecule has 0 aromatic heterocycles. The topological polar surface area (TPSA) is 59.7 Å². The lowest BCUT2D eigenvalue weighted by Gasteiger charge is -2.14. The monoisotopic (exact) mass is 181 g/mol. The zero-order valence-corrected chi connectivity index (χ0v) is 8.56. The van der Waals surface area contributed by atoms with E-state index in [4.69, 9.17) is 10.7 Å². The highest BCUT2D eigenvalue weighted by molar-refractivity contribution is 5.93. The zero-order chi connectivity index (χ0) is 10.1. The molecule has 1 atom stereocenters. The Bertz CT molecular complexity index is 181. The number of hydrogen-bond donors (Lipinski definition) is 2. The van der Waals surface area contributed by atoms with E-state index in [1.807, 2.05) is 0 Å². The number of hydrogen-bond acceptors (Lipinski definition) is 2. The van der Waals surface area contributed by atoms with Gasteiger partial charge >= 0.3 is 0 Å². The number of amidine groups is 1. The number of nitrogens with zero attached hydrogens (tertiary/aromatic N) is 1. The molecule has 0 heterocycles. The lowest BCUT2D eigenvalue weighted by molar-refractivity contribution is 0.446. The van der Waals surface area contributed by atoms with Gasteiger partial charge < -0.3 is 5.32 Å². The Balaban J connectivity index is 3.60. The second-order valence-corrected chi connectivity index (χ2v) is 3.28. The standard InChI is InChI=1S/C10H19N3/c1-3-5-6-9(4-2)8-13-10(12)7-11/h9H,3-6,8H2,1-2H3,(H2,12,13). The van der Waals surface area contributed by atoms with Gasteiger partial charge in [-0.3, -0.25) is 5.41 Å². The molecule has 0 amide bonds. The number of unbranched alkanes of at least 4 members (excludes halogenated alkanes) is 1. The van der Waals surface area contributed by atoms with E-state index in [1.54, 1.807) is 6.07 Å². The molecule has 0 fully saturated rings. The average Bonchev–Trinajstić information content (AvgIpc) is 2.17. The van der Waals surface area contributed by atoms with Crippen LogP contribution in [0.15, 0.2) is 0 Å². The van der Waals surface area contributed by atoms with Crippen LogP contribution in [-0.4, -0.2) is 12.4 Å². The molecule has 0 aliphatic heterocycles. The van der Waals surface area contributed by atoms with Crippen molar-refractivity contribution in [2.24, 2.45) is 5.92 Å². The maximum atomic E-state index is 8.36. The SMILES string of the molecule is CCCCC(CC)CNC(=N)C#N. The van der Waals surface area contributed by atoms with Gasteiger partial charge in [0.15, 0.2) is 5.84 Å². The van der Waals surface area contributed by atoms with Crippen molar-refractivity contribution in [2.45, 2.75) is 39.5 Å². The maximum absolute atomic E-state index is 8.36. The molecule has 0 spiro atoms. The van der Waals surface area contributed by atoms with Crippen molar-refractivity contribution in [3.63, 3.8) is 0 Å². The van der Waals surface area contributed by atoms with Crippen LogP contribution in [0.1, 0.15) is 39.5 Å². The summed E-state index contributed by atoms with van der Waals surface area (Å²) < 4.78 is 0. The summed E-state index contributed by atoms with van der Waals surface area (Å²) in [5, 5.41) is 18.3. The van der Waals surface area contributed by atoms with Gasteiger partial charge in [0.1, 0.15) is 6.07 Å². The first-order valence-corrected chi connectivity index (χ1v) is 4.97. The van der Waals surface area contributed by atoms with Gasteiger partial charge in [0, 0.05) is 6.54 Å². The molecule has 1 unspecified atom stereocenters. The Morgan fingerprint density at radius 1 is 1.54 bits per heavy atom. The third kappa shape index (κ3) is 6.15. The summed E-state index contributed by atoms with van der Waals surface area (Å²) in [6.45, 7) is 5.10. The van der Waals surface area contributed by atoms with Crippen molar-refractivity contribution < 1.29 is 0 Å². The number of nitrogens with one attached hydrogen (secondary N) is 2. The van der Waals surface area contributed by atoms with Crippen molar-refractivity contribution in [2.75, 3.05) is 6.54 Å². The molecular formula is C10H19N3. The minimum atomic E-state index is -0.0186. The summed E-state index contributed by atoms with van der Waals surface area (Å²) in [6.07, 6.45) is 4.76. The first kappa shape index (κ1) is 12.0. The van der Waals surface area contributed by atoms with Gasteiger partial charge in [-0.15, -0.1) is 0 Å². The molecule has 0 saturated carbocycles. The van der Waals surface area contributed by atoms with Crippen LogP contribution in [0.5, 0.6) is 0 Å². The lowest BCUT2D eigenvalue weighted by Crippen LogP contribution is -2.27. The van der Waals surface area contributed by atoms with Crippen molar-refractivity contribution in [3.8, 4) is 6.07 Å². The summed E-state index contributed by atoms with van der Waals surface area (Å²) >= 11 is 0. The maximum Gasteiger partial charge on any atom is 0.198 e. The highest BCUT2D eigenvalue weighted by Gasteiger charge is 2.05. The third-order valence-corrected chi connectivity index (χ3v) is 2.22. The van der Waals surface area contributed by atoms with E-state index in [2.05, 4.69) is 19.2 Å². The molecule has 3 heteroatoms. The highest BCUT2D eigenvalue weighted by atomic mass is 14.9. The molecule has 13 heavy (non-hydrogen) atoms. The highest BCUT2D eigenvalue weighted by Crippen LogP contribution is 2.10. The summed E-state index contributed by atoms with van der Waals surface area (Å²) in [5.74, 6) is 0.587. The molecule has 0 aromatic carbocycles. The van der Waals surface area contributed by atoms with E-state index in [0.29, 0.717) is 5.92 Å². The van der Waals surface area contributed by atoms with E-state index in [9.17, 15) is 0 Å². The first-order valence-electron chi connectivity index (χ1n) is 4.97. The van der Waals surface area contributed by atoms with Crippen LogP contribution in [0.25, 0.3) is 0 Å². The van der Waals surface area contributed by atoms with Crippen molar-refractivity contribution in [1.29, 1.82) is 10.7 Å². The fourth-order valence-corrected chi connectivity index (χ4v) is 1.23. The predicted molar refractivity (Wildman–Crippen MR) is 54.6 cm³/mol. The second kappa shape index (κ2) is 7.60. The molecule has 3 nitrogen and oxygen atoms in total. The third-order valence-electron chi connectivity index (χ3n) is 2.22. The van der Waals surface area contributed by atoms with Crippen LogP contribution in [0, 0.1) is 22.7 Å². The largest absolute Gasteiger partial charge is 0.361 e. The summed E-state index contributed by atoms with van der Waals surface area (Å²) in [4.78, 5) is 0. The Kier molecular flexibility index (Phi) is 6.99. The van der Waals surface area contributed by atoms with Gasteiger partial charge in [-0.2, -0.15) is 5.26 Å². The van der Waals surface area contributed by atoms with Gasteiger partial charge in [0.25, 0.3) is 0 Å². The van der Waals surface area contributed by atoms with Gasteiger partial charge in [-0.25, -0.2) is 0 Å².